The number of anilines is 1. The molecule has 4 aromatic rings. The molecule has 2 atom stereocenters. The van der Waals surface area contributed by atoms with Crippen LogP contribution in [0.4, 0.5) is 5.95 Å². The van der Waals surface area contributed by atoms with Crippen molar-refractivity contribution in [3.63, 3.8) is 0 Å². The molecule has 10 nitrogen and oxygen atoms in total. The van der Waals surface area contributed by atoms with Gasteiger partial charge in [-0.3, -0.25) is 4.68 Å². The molecule has 0 radical (unpaired) electrons. The Kier molecular flexibility index (Phi) is 5.02. The first-order valence-corrected chi connectivity index (χ1v) is 11.1. The van der Waals surface area contributed by atoms with Gasteiger partial charge in [0.1, 0.15) is 11.3 Å². The standard InChI is InChI=1S/C23H29N7O3/c1-22(2,31)13-29-12-15(11-25-29)23(32)9-5-6-14(10-23)19-27-20-16-7-4-8-17(33-3)18(16)26-21(24)30(20)28-19/h4,7-8,11-12,14,31-32H,5-6,9-10,13H2,1-3H3,(H2,24,26)/t14-,23-/m0/s1. The third-order valence-electron chi connectivity index (χ3n) is 6.34. The summed E-state index contributed by atoms with van der Waals surface area (Å²) in [7, 11) is 1.60. The Morgan fingerprint density at radius 3 is 2.88 bits per heavy atom. The molecular weight excluding hydrogens is 422 g/mol. The molecule has 1 aromatic carbocycles. The predicted octanol–water partition coefficient (Wildman–Crippen LogP) is 2.38. The maximum absolute atomic E-state index is 11.5. The molecular formula is C23H29N7O3. The highest BCUT2D eigenvalue weighted by Crippen LogP contribution is 2.43. The number of nitrogens with two attached hydrogens (primary N) is 1. The smallest absolute Gasteiger partial charge is 0.223 e. The Morgan fingerprint density at radius 2 is 2.12 bits per heavy atom. The van der Waals surface area contributed by atoms with Gasteiger partial charge in [0.15, 0.2) is 11.5 Å². The van der Waals surface area contributed by atoms with Crippen LogP contribution in [0.1, 0.15) is 56.8 Å². The average Bonchev–Trinajstić information content (AvgIpc) is 3.41. The fourth-order valence-electron chi connectivity index (χ4n) is 4.80. The van der Waals surface area contributed by atoms with Gasteiger partial charge in [0.25, 0.3) is 0 Å². The molecule has 0 unspecified atom stereocenters. The van der Waals surface area contributed by atoms with Crippen molar-refractivity contribution in [1.29, 1.82) is 0 Å². The molecule has 1 fully saturated rings. The molecule has 10 heteroatoms. The molecule has 0 aliphatic heterocycles. The van der Waals surface area contributed by atoms with Crippen molar-refractivity contribution in [2.75, 3.05) is 12.8 Å². The van der Waals surface area contributed by atoms with E-state index >= 15 is 0 Å². The maximum atomic E-state index is 11.5. The highest BCUT2D eigenvalue weighted by atomic mass is 16.5. The molecule has 3 aromatic heterocycles. The lowest BCUT2D eigenvalue weighted by Gasteiger charge is -2.35. The van der Waals surface area contributed by atoms with Gasteiger partial charge in [0.2, 0.25) is 5.95 Å². The van der Waals surface area contributed by atoms with Gasteiger partial charge >= 0.3 is 0 Å². The molecule has 5 rings (SSSR count). The Hall–Kier alpha value is -3.24. The topological polar surface area (TPSA) is 137 Å². The largest absolute Gasteiger partial charge is 0.494 e. The SMILES string of the molecule is COc1cccc2c1nc(N)n1nc([C@H]3CCC[C@@](O)(c4cnn(CC(C)(C)O)c4)C3)nc21. The monoisotopic (exact) mass is 451 g/mol. The number of nitrogens with zero attached hydrogens (tertiary/aromatic N) is 6. The molecule has 4 N–H and O–H groups in total. The summed E-state index contributed by atoms with van der Waals surface area (Å²) in [6.07, 6.45) is 6.31. The zero-order valence-corrected chi connectivity index (χ0v) is 19.1. The number of fused-ring (bicyclic) bond motifs is 3. The highest BCUT2D eigenvalue weighted by molar-refractivity contribution is 5.95. The van der Waals surface area contributed by atoms with Gasteiger partial charge in [-0.25, -0.2) is 9.97 Å². The summed E-state index contributed by atoms with van der Waals surface area (Å²) in [5.74, 6) is 1.46. The van der Waals surface area contributed by atoms with E-state index in [1.165, 1.54) is 0 Å². The summed E-state index contributed by atoms with van der Waals surface area (Å²) >= 11 is 0. The number of hydrogen-bond acceptors (Lipinski definition) is 8. The number of methoxy groups -OCH3 is 1. The maximum Gasteiger partial charge on any atom is 0.223 e. The predicted molar refractivity (Wildman–Crippen MR) is 123 cm³/mol. The second-order valence-electron chi connectivity index (χ2n) is 9.60. The van der Waals surface area contributed by atoms with E-state index in [2.05, 4.69) is 15.2 Å². The fraction of sp³-hybridized carbons (Fsp3) is 0.478. The van der Waals surface area contributed by atoms with Crippen LogP contribution in [0.15, 0.2) is 30.6 Å². The van der Waals surface area contributed by atoms with Crippen molar-refractivity contribution < 1.29 is 14.9 Å². The van der Waals surface area contributed by atoms with Crippen LogP contribution in [-0.4, -0.2) is 52.3 Å². The number of nitrogen functional groups attached to an aromatic ring is 1. The summed E-state index contributed by atoms with van der Waals surface area (Å²) in [5.41, 5.74) is 6.29. The summed E-state index contributed by atoms with van der Waals surface area (Å²) in [6.45, 7) is 3.81. The van der Waals surface area contributed by atoms with Gasteiger partial charge < -0.3 is 20.7 Å². The Balaban J connectivity index is 1.49. The van der Waals surface area contributed by atoms with Crippen LogP contribution < -0.4 is 10.5 Å². The van der Waals surface area contributed by atoms with E-state index in [-0.39, 0.29) is 11.9 Å². The van der Waals surface area contributed by atoms with Crippen LogP contribution in [0.2, 0.25) is 0 Å². The van der Waals surface area contributed by atoms with Crippen molar-refractivity contribution in [2.24, 2.45) is 0 Å². The first-order chi connectivity index (χ1) is 15.7. The minimum Gasteiger partial charge on any atom is -0.494 e. The highest BCUT2D eigenvalue weighted by Gasteiger charge is 2.39. The first kappa shape index (κ1) is 21.6. The van der Waals surface area contributed by atoms with Crippen LogP contribution in [0.3, 0.4) is 0 Å². The molecule has 174 valence electrons. The molecule has 0 amide bonds. The number of aromatic nitrogens is 6. The van der Waals surface area contributed by atoms with Gasteiger partial charge in [0, 0.05) is 23.1 Å². The van der Waals surface area contributed by atoms with Crippen LogP contribution >= 0.6 is 0 Å². The van der Waals surface area contributed by atoms with Crippen molar-refractivity contribution >= 4 is 22.5 Å². The third kappa shape index (κ3) is 3.89. The number of rotatable bonds is 5. The van der Waals surface area contributed by atoms with Gasteiger partial charge in [-0.05, 0) is 51.7 Å². The zero-order valence-electron chi connectivity index (χ0n) is 19.1. The van der Waals surface area contributed by atoms with E-state index in [0.717, 1.165) is 23.8 Å². The van der Waals surface area contributed by atoms with Crippen molar-refractivity contribution in [3.05, 3.63) is 42.0 Å². The normalized spacial score (nSPS) is 21.7. The Bertz CT molecular complexity index is 1320. The number of aliphatic hydroxyl groups is 2. The van der Waals surface area contributed by atoms with Gasteiger partial charge in [-0.2, -0.15) is 9.61 Å². The van der Waals surface area contributed by atoms with Crippen LogP contribution in [0, 0.1) is 0 Å². The average molecular weight is 452 g/mol. The quantitative estimate of drug-likeness (QED) is 0.421. The lowest BCUT2D eigenvalue weighted by atomic mass is 9.75. The molecule has 0 saturated heterocycles. The van der Waals surface area contributed by atoms with Crippen molar-refractivity contribution in [2.45, 2.75) is 63.2 Å². The number of benzene rings is 1. The first-order valence-electron chi connectivity index (χ1n) is 11.1. The molecule has 0 bridgehead atoms. The minimum absolute atomic E-state index is 0.0404. The summed E-state index contributed by atoms with van der Waals surface area (Å²) in [5, 5.41) is 31.4. The molecule has 0 spiro atoms. The number of ether oxygens (including phenoxy) is 1. The number of para-hydroxylation sites is 1. The van der Waals surface area contributed by atoms with Crippen LogP contribution in [-0.2, 0) is 12.1 Å². The van der Waals surface area contributed by atoms with Crippen molar-refractivity contribution in [1.82, 2.24) is 29.4 Å². The second kappa shape index (κ2) is 7.67. The van der Waals surface area contributed by atoms with E-state index in [9.17, 15) is 10.2 Å². The van der Waals surface area contributed by atoms with Gasteiger partial charge in [-0.15, -0.1) is 5.10 Å². The zero-order chi connectivity index (χ0) is 23.4. The number of hydrogen-bond donors (Lipinski definition) is 3. The fourth-order valence-corrected chi connectivity index (χ4v) is 4.80. The van der Waals surface area contributed by atoms with Gasteiger partial charge in [-0.1, -0.05) is 6.07 Å². The minimum atomic E-state index is -1.03. The molecule has 1 aliphatic carbocycles. The summed E-state index contributed by atoms with van der Waals surface area (Å²) in [4.78, 5) is 9.30. The molecule has 1 aliphatic rings. The lowest BCUT2D eigenvalue weighted by Crippen LogP contribution is -2.32. The van der Waals surface area contributed by atoms with Crippen LogP contribution in [0.25, 0.3) is 16.6 Å². The third-order valence-corrected chi connectivity index (χ3v) is 6.34. The summed E-state index contributed by atoms with van der Waals surface area (Å²) < 4.78 is 8.67. The summed E-state index contributed by atoms with van der Waals surface area (Å²) in [6, 6.07) is 5.65. The Morgan fingerprint density at radius 1 is 1.30 bits per heavy atom. The van der Waals surface area contributed by atoms with Crippen LogP contribution in [0.5, 0.6) is 5.75 Å². The van der Waals surface area contributed by atoms with E-state index in [0.29, 0.717) is 42.1 Å². The van der Waals surface area contributed by atoms with E-state index in [1.54, 1.807) is 36.4 Å². The molecule has 1 saturated carbocycles. The second-order valence-corrected chi connectivity index (χ2v) is 9.60. The molecule has 3 heterocycles. The Labute approximate surface area is 191 Å². The van der Waals surface area contributed by atoms with E-state index < -0.39 is 11.2 Å². The van der Waals surface area contributed by atoms with E-state index in [1.807, 2.05) is 24.4 Å². The van der Waals surface area contributed by atoms with Gasteiger partial charge in [0.05, 0.1) is 31.1 Å². The lowest BCUT2D eigenvalue weighted by molar-refractivity contribution is -0.00967. The van der Waals surface area contributed by atoms with Crippen molar-refractivity contribution in [3.8, 4) is 5.75 Å². The van der Waals surface area contributed by atoms with E-state index in [4.69, 9.17) is 15.5 Å². The molecule has 33 heavy (non-hydrogen) atoms.